The van der Waals surface area contributed by atoms with Crippen molar-refractivity contribution in [3.05, 3.63) is 59.7 Å². The molecule has 3 rings (SSSR count). The van der Waals surface area contributed by atoms with Gasteiger partial charge in [-0.05, 0) is 56.2 Å². The molecule has 0 spiro atoms. The zero-order valence-electron chi connectivity index (χ0n) is 15.3. The number of thioether (sulfide) groups is 1. The number of carbonyl (C=O) groups is 2. The molecule has 0 radical (unpaired) electrons. The third-order valence-electron chi connectivity index (χ3n) is 4.23. The number of ether oxygens (including phenoxy) is 2. The van der Waals surface area contributed by atoms with Crippen LogP contribution in [0.2, 0.25) is 0 Å². The molecule has 5 nitrogen and oxygen atoms in total. The topological polar surface area (TPSA) is 64.6 Å². The molecule has 1 aliphatic heterocycles. The first-order valence-corrected chi connectivity index (χ1v) is 10.1. The van der Waals surface area contributed by atoms with Crippen LogP contribution in [0.3, 0.4) is 0 Å². The fraction of sp³-hybridized carbons (Fsp3) is 0.333. The number of carbonyl (C=O) groups excluding carboxylic acids is 2. The van der Waals surface area contributed by atoms with E-state index < -0.39 is 0 Å². The van der Waals surface area contributed by atoms with E-state index in [0.717, 1.165) is 30.1 Å². The summed E-state index contributed by atoms with van der Waals surface area (Å²) >= 11 is 1.65. The summed E-state index contributed by atoms with van der Waals surface area (Å²) in [7, 11) is 0. The average Bonchev–Trinajstić information content (AvgIpc) is 3.21. The fourth-order valence-electron chi connectivity index (χ4n) is 2.84. The minimum atomic E-state index is -0.369. The second-order valence-corrected chi connectivity index (χ2v) is 7.26. The predicted molar refractivity (Wildman–Crippen MR) is 106 cm³/mol. The van der Waals surface area contributed by atoms with Crippen molar-refractivity contribution in [1.82, 2.24) is 0 Å². The minimum Gasteiger partial charge on any atom is -0.462 e. The van der Waals surface area contributed by atoms with E-state index in [2.05, 4.69) is 5.32 Å². The molecule has 142 valence electrons. The van der Waals surface area contributed by atoms with Crippen molar-refractivity contribution in [2.24, 2.45) is 0 Å². The smallest absolute Gasteiger partial charge is 0.338 e. The van der Waals surface area contributed by atoms with E-state index in [1.165, 1.54) is 0 Å². The average molecular weight is 385 g/mol. The van der Waals surface area contributed by atoms with E-state index in [1.54, 1.807) is 43.0 Å². The summed E-state index contributed by atoms with van der Waals surface area (Å²) in [6, 6.07) is 14.3. The van der Waals surface area contributed by atoms with Gasteiger partial charge in [-0.15, -0.1) is 11.8 Å². The number of hydrogen-bond donors (Lipinski definition) is 1. The number of anilines is 1. The Balaban J connectivity index is 1.64. The highest BCUT2D eigenvalue weighted by Crippen LogP contribution is 2.27. The summed E-state index contributed by atoms with van der Waals surface area (Å²) in [5.74, 6) is 0.305. The van der Waals surface area contributed by atoms with Crippen molar-refractivity contribution >= 4 is 29.3 Å². The first kappa shape index (κ1) is 19.5. The molecule has 1 atom stereocenters. The van der Waals surface area contributed by atoms with Crippen LogP contribution in [0.4, 0.5) is 5.69 Å². The maximum atomic E-state index is 12.7. The van der Waals surface area contributed by atoms with E-state index in [-0.39, 0.29) is 18.0 Å². The molecule has 27 heavy (non-hydrogen) atoms. The van der Waals surface area contributed by atoms with Gasteiger partial charge >= 0.3 is 5.97 Å². The lowest BCUT2D eigenvalue weighted by atomic mass is 10.2. The molecule has 0 aromatic heterocycles. The van der Waals surface area contributed by atoms with Gasteiger partial charge < -0.3 is 14.8 Å². The van der Waals surface area contributed by atoms with Gasteiger partial charge in [0.2, 0.25) is 0 Å². The van der Waals surface area contributed by atoms with Crippen LogP contribution in [0.25, 0.3) is 0 Å². The van der Waals surface area contributed by atoms with E-state index in [9.17, 15) is 9.59 Å². The summed E-state index contributed by atoms with van der Waals surface area (Å²) in [6.07, 6.45) is 2.45. The van der Waals surface area contributed by atoms with Crippen LogP contribution in [0.5, 0.6) is 0 Å². The van der Waals surface area contributed by atoms with E-state index in [4.69, 9.17) is 9.47 Å². The highest BCUT2D eigenvalue weighted by atomic mass is 32.2. The summed E-state index contributed by atoms with van der Waals surface area (Å²) in [5, 5.41) is 2.89. The minimum absolute atomic E-state index is 0.172. The van der Waals surface area contributed by atoms with Gasteiger partial charge in [0.25, 0.3) is 5.91 Å². The predicted octanol–water partition coefficient (Wildman–Crippen LogP) is 4.39. The van der Waals surface area contributed by atoms with Gasteiger partial charge in [-0.2, -0.15) is 0 Å². The van der Waals surface area contributed by atoms with Gasteiger partial charge in [-0.1, -0.05) is 12.1 Å². The highest BCUT2D eigenvalue weighted by Gasteiger charge is 2.18. The normalized spacial score (nSPS) is 16.1. The monoisotopic (exact) mass is 385 g/mol. The van der Waals surface area contributed by atoms with Crippen molar-refractivity contribution in [3.63, 3.8) is 0 Å². The van der Waals surface area contributed by atoms with Crippen LogP contribution in [0.1, 0.15) is 40.5 Å². The number of rotatable bonds is 7. The van der Waals surface area contributed by atoms with Gasteiger partial charge in [0.15, 0.2) is 0 Å². The fourth-order valence-corrected chi connectivity index (χ4v) is 3.96. The lowest BCUT2D eigenvalue weighted by molar-refractivity contribution is 0.0526. The summed E-state index contributed by atoms with van der Waals surface area (Å²) in [5.41, 5.74) is 1.73. The molecule has 1 N–H and O–H groups in total. The molecule has 1 amide bonds. The van der Waals surface area contributed by atoms with Crippen LogP contribution >= 0.6 is 11.8 Å². The molecular weight excluding hydrogens is 362 g/mol. The number of esters is 1. The van der Waals surface area contributed by atoms with E-state index >= 15 is 0 Å². The maximum absolute atomic E-state index is 12.7. The van der Waals surface area contributed by atoms with Crippen molar-refractivity contribution in [1.29, 1.82) is 0 Å². The van der Waals surface area contributed by atoms with Gasteiger partial charge in [-0.25, -0.2) is 4.79 Å². The number of nitrogens with one attached hydrogen (secondary N) is 1. The largest absolute Gasteiger partial charge is 0.462 e. The Morgan fingerprint density at radius 1 is 1.19 bits per heavy atom. The Kier molecular flexibility index (Phi) is 6.90. The molecule has 1 fully saturated rings. The maximum Gasteiger partial charge on any atom is 0.338 e. The number of amides is 1. The zero-order chi connectivity index (χ0) is 19.1. The van der Waals surface area contributed by atoms with Crippen molar-refractivity contribution in [3.8, 4) is 0 Å². The SMILES string of the molecule is CCOC(=O)c1ccc(NC(=O)c2ccccc2SCC2CCCO2)cc1. The van der Waals surface area contributed by atoms with Crippen molar-refractivity contribution < 1.29 is 19.1 Å². The van der Waals surface area contributed by atoms with E-state index in [1.807, 2.05) is 24.3 Å². The Hall–Kier alpha value is -2.31. The summed E-state index contributed by atoms with van der Waals surface area (Å²) in [6.45, 7) is 2.92. The summed E-state index contributed by atoms with van der Waals surface area (Å²) in [4.78, 5) is 25.3. The lowest BCUT2D eigenvalue weighted by Gasteiger charge is -2.12. The van der Waals surface area contributed by atoms with Crippen LogP contribution in [-0.4, -0.2) is 36.9 Å². The lowest BCUT2D eigenvalue weighted by Crippen LogP contribution is -2.14. The van der Waals surface area contributed by atoms with Gasteiger partial charge in [0.05, 0.1) is 23.8 Å². The third kappa shape index (κ3) is 5.34. The third-order valence-corrected chi connectivity index (χ3v) is 5.44. The Morgan fingerprint density at radius 2 is 1.96 bits per heavy atom. The molecule has 0 aliphatic carbocycles. The molecular formula is C21H23NO4S. The Morgan fingerprint density at radius 3 is 2.67 bits per heavy atom. The van der Waals surface area contributed by atoms with Crippen molar-refractivity contribution in [2.45, 2.75) is 30.8 Å². The standard InChI is InChI=1S/C21H23NO4S/c1-2-25-21(24)15-9-11-16(12-10-15)22-20(23)18-7-3-4-8-19(18)27-14-17-6-5-13-26-17/h3-4,7-12,17H,2,5-6,13-14H2,1H3,(H,22,23). The van der Waals surface area contributed by atoms with Crippen LogP contribution in [-0.2, 0) is 9.47 Å². The molecule has 1 aliphatic rings. The second kappa shape index (κ2) is 9.58. The molecule has 0 saturated carbocycles. The molecule has 1 heterocycles. The number of hydrogen-bond acceptors (Lipinski definition) is 5. The molecule has 1 unspecified atom stereocenters. The molecule has 0 bridgehead atoms. The summed E-state index contributed by atoms with van der Waals surface area (Å²) < 4.78 is 10.6. The first-order chi connectivity index (χ1) is 13.2. The van der Waals surface area contributed by atoms with E-state index in [0.29, 0.717) is 23.4 Å². The Labute approximate surface area is 163 Å². The van der Waals surface area contributed by atoms with Crippen molar-refractivity contribution in [2.75, 3.05) is 24.3 Å². The Bertz CT molecular complexity index is 785. The highest BCUT2D eigenvalue weighted by molar-refractivity contribution is 7.99. The quantitative estimate of drug-likeness (QED) is 0.566. The van der Waals surface area contributed by atoms with Gasteiger partial charge in [-0.3, -0.25) is 4.79 Å². The zero-order valence-corrected chi connectivity index (χ0v) is 16.1. The number of benzene rings is 2. The van der Waals surface area contributed by atoms with Crippen LogP contribution in [0.15, 0.2) is 53.4 Å². The van der Waals surface area contributed by atoms with Crippen LogP contribution in [0, 0.1) is 0 Å². The molecule has 6 heteroatoms. The first-order valence-electron chi connectivity index (χ1n) is 9.09. The van der Waals surface area contributed by atoms with Crippen LogP contribution < -0.4 is 5.32 Å². The molecule has 2 aromatic carbocycles. The van der Waals surface area contributed by atoms with Gasteiger partial charge in [0.1, 0.15) is 0 Å². The molecule has 2 aromatic rings. The molecule has 1 saturated heterocycles. The second-order valence-electron chi connectivity index (χ2n) is 6.19. The van der Waals surface area contributed by atoms with Gasteiger partial charge in [0, 0.05) is 22.9 Å².